The average molecular weight is 477 g/mol. The Labute approximate surface area is 193 Å². The van der Waals surface area contributed by atoms with E-state index in [2.05, 4.69) is 15.4 Å². The predicted octanol–water partition coefficient (Wildman–Crippen LogP) is 1.35. The summed E-state index contributed by atoms with van der Waals surface area (Å²) in [6.45, 7) is 0.505. The minimum atomic E-state index is -0.792. The molecule has 3 aromatic rings. The van der Waals surface area contributed by atoms with Crippen LogP contribution in [0.15, 0.2) is 47.8 Å². The molecule has 1 aliphatic rings. The molecular weight excluding hydrogens is 452 g/mol. The van der Waals surface area contributed by atoms with Gasteiger partial charge in [0.25, 0.3) is 24.8 Å². The Morgan fingerprint density at radius 1 is 1.15 bits per heavy atom. The van der Waals surface area contributed by atoms with Crippen molar-refractivity contribution < 1.29 is 29.4 Å². The Hall–Kier alpha value is -4.00. The molecule has 0 aromatic carbocycles. The molecule has 13 heteroatoms. The van der Waals surface area contributed by atoms with Crippen LogP contribution in [0.4, 0.5) is 5.82 Å². The monoisotopic (exact) mass is 476 g/mol. The van der Waals surface area contributed by atoms with E-state index in [0.717, 1.165) is 0 Å². The zero-order valence-corrected chi connectivity index (χ0v) is 18.6. The fourth-order valence-electron chi connectivity index (χ4n) is 3.48. The predicted molar refractivity (Wildman–Crippen MR) is 119 cm³/mol. The highest BCUT2D eigenvalue weighted by atomic mass is 32.1. The normalized spacial score (nSPS) is 14.0. The van der Waals surface area contributed by atoms with Crippen LogP contribution in [0.2, 0.25) is 0 Å². The highest BCUT2D eigenvalue weighted by Gasteiger charge is 2.44. The third-order valence-electron chi connectivity index (χ3n) is 5.02. The van der Waals surface area contributed by atoms with Crippen molar-refractivity contribution in [1.82, 2.24) is 24.2 Å². The Morgan fingerprint density at radius 3 is 2.30 bits per heavy atom. The summed E-state index contributed by atoms with van der Waals surface area (Å²) >= 11 is 1.50. The maximum Gasteiger partial charge on any atom is 0.290 e. The van der Waals surface area contributed by atoms with Crippen molar-refractivity contribution in [1.29, 1.82) is 0 Å². The molecule has 0 radical (unpaired) electrons. The summed E-state index contributed by atoms with van der Waals surface area (Å²) in [4.78, 5) is 48.5. The Morgan fingerprint density at radius 2 is 1.82 bits per heavy atom. The number of amides is 2. The van der Waals surface area contributed by atoms with Gasteiger partial charge in [-0.2, -0.15) is 16.4 Å². The van der Waals surface area contributed by atoms with Crippen LogP contribution in [0.5, 0.6) is 0 Å². The zero-order valence-electron chi connectivity index (χ0n) is 17.8. The summed E-state index contributed by atoms with van der Waals surface area (Å²) in [5.41, 5.74) is -0.0903. The molecule has 0 atom stereocenters. The van der Waals surface area contributed by atoms with Gasteiger partial charge in [0.15, 0.2) is 5.82 Å². The van der Waals surface area contributed by atoms with Gasteiger partial charge >= 0.3 is 0 Å². The van der Waals surface area contributed by atoms with Crippen LogP contribution in [-0.2, 0) is 27.0 Å². The number of nitrogens with zero attached hydrogens (tertiary/aromatic N) is 5. The van der Waals surface area contributed by atoms with Gasteiger partial charge in [0.2, 0.25) is 0 Å². The molecule has 1 saturated heterocycles. The number of imidazole rings is 1. The van der Waals surface area contributed by atoms with Crippen LogP contribution in [0.25, 0.3) is 0 Å². The van der Waals surface area contributed by atoms with Gasteiger partial charge in [-0.1, -0.05) is 0 Å². The first-order chi connectivity index (χ1) is 15.9. The molecule has 0 bridgehead atoms. The lowest BCUT2D eigenvalue weighted by atomic mass is 9.85. The SMILES string of the molecule is Cn1ccc(NC(=O)C2(n3ccnc3)CCN(C(=O)c3ccsc3)CC2)n1.O=CO.O=CO. The first-order valence-corrected chi connectivity index (χ1v) is 10.6. The first-order valence-electron chi connectivity index (χ1n) is 9.68. The minimum Gasteiger partial charge on any atom is -0.483 e. The first kappa shape index (κ1) is 25.3. The number of carbonyl (C=O) groups excluding carboxylic acids is 2. The van der Waals surface area contributed by atoms with Crippen LogP contribution in [0.3, 0.4) is 0 Å². The molecular formula is C20H24N6O6S. The van der Waals surface area contributed by atoms with E-state index in [1.165, 1.54) is 11.3 Å². The number of nitrogens with one attached hydrogen (secondary N) is 1. The molecule has 12 nitrogen and oxygen atoms in total. The molecule has 3 aromatic heterocycles. The van der Waals surface area contributed by atoms with Crippen molar-refractivity contribution in [3.05, 3.63) is 53.4 Å². The maximum absolute atomic E-state index is 13.2. The van der Waals surface area contributed by atoms with Crippen LogP contribution in [0, 0.1) is 0 Å². The Bertz CT molecular complexity index is 1020. The van der Waals surface area contributed by atoms with Crippen LogP contribution in [-0.4, -0.2) is 72.3 Å². The lowest BCUT2D eigenvalue weighted by molar-refractivity contribution is -0.127. The van der Waals surface area contributed by atoms with E-state index >= 15 is 0 Å². The smallest absolute Gasteiger partial charge is 0.290 e. The van der Waals surface area contributed by atoms with Crippen LogP contribution < -0.4 is 5.32 Å². The topological polar surface area (TPSA) is 160 Å². The van der Waals surface area contributed by atoms with E-state index in [1.807, 2.05) is 26.3 Å². The number of hydrogen-bond acceptors (Lipinski definition) is 7. The molecule has 1 fully saturated rings. The van der Waals surface area contributed by atoms with E-state index in [9.17, 15) is 9.59 Å². The molecule has 176 valence electrons. The van der Waals surface area contributed by atoms with E-state index in [0.29, 0.717) is 37.3 Å². The molecule has 4 heterocycles. The number of piperidine rings is 1. The van der Waals surface area contributed by atoms with Gasteiger partial charge < -0.3 is 25.0 Å². The summed E-state index contributed by atoms with van der Waals surface area (Å²) in [6.07, 6.45) is 7.93. The number of aromatic nitrogens is 4. The van der Waals surface area contributed by atoms with Crippen molar-refractivity contribution in [3.63, 3.8) is 0 Å². The van der Waals surface area contributed by atoms with Gasteiger partial charge in [-0.15, -0.1) is 0 Å². The van der Waals surface area contributed by atoms with E-state index in [-0.39, 0.29) is 24.8 Å². The highest BCUT2D eigenvalue weighted by molar-refractivity contribution is 7.08. The molecule has 1 aliphatic heterocycles. The number of anilines is 1. The fraction of sp³-hybridized carbons (Fsp3) is 0.300. The van der Waals surface area contributed by atoms with Gasteiger partial charge in [-0.25, -0.2) is 4.98 Å². The van der Waals surface area contributed by atoms with Gasteiger partial charge in [-0.05, 0) is 24.3 Å². The Kier molecular flexibility index (Phi) is 9.30. The second-order valence-corrected chi connectivity index (χ2v) is 7.63. The third-order valence-corrected chi connectivity index (χ3v) is 5.71. The minimum absolute atomic E-state index is 0.0145. The van der Waals surface area contributed by atoms with Crippen molar-refractivity contribution in [2.75, 3.05) is 18.4 Å². The highest BCUT2D eigenvalue weighted by Crippen LogP contribution is 2.32. The summed E-state index contributed by atoms with van der Waals surface area (Å²) in [5, 5.41) is 24.7. The second kappa shape index (κ2) is 12.1. The van der Waals surface area contributed by atoms with Gasteiger partial charge in [-0.3, -0.25) is 23.9 Å². The summed E-state index contributed by atoms with van der Waals surface area (Å²) < 4.78 is 3.49. The largest absolute Gasteiger partial charge is 0.483 e. The van der Waals surface area contributed by atoms with Crippen LogP contribution >= 0.6 is 11.3 Å². The molecule has 0 saturated carbocycles. The summed E-state index contributed by atoms with van der Waals surface area (Å²) in [7, 11) is 1.80. The fourth-order valence-corrected chi connectivity index (χ4v) is 4.11. The number of carbonyl (C=O) groups is 4. The lowest BCUT2D eigenvalue weighted by Crippen LogP contribution is -2.54. The van der Waals surface area contributed by atoms with Crippen molar-refractivity contribution in [2.45, 2.75) is 18.4 Å². The maximum atomic E-state index is 13.2. The van der Waals surface area contributed by atoms with E-state index < -0.39 is 5.54 Å². The lowest BCUT2D eigenvalue weighted by Gasteiger charge is -2.41. The number of carboxylic acid groups (broad SMARTS) is 2. The van der Waals surface area contributed by atoms with Gasteiger partial charge in [0, 0.05) is 50.2 Å². The molecule has 0 spiro atoms. The zero-order chi connectivity index (χ0) is 24.3. The molecule has 4 rings (SSSR count). The average Bonchev–Trinajstić information content (AvgIpc) is 3.58. The van der Waals surface area contributed by atoms with Crippen molar-refractivity contribution >= 4 is 41.9 Å². The molecule has 3 N–H and O–H groups in total. The standard InChI is InChI=1S/C18H20N6O2S.2CH2O2/c1-22-7-2-15(21-22)20-17(26)18(24-10-6-19-13-24)4-8-23(9-5-18)16(25)14-3-11-27-12-14;2*2-1-3/h2-3,6-7,10-13H,4-5,8-9H2,1H3,(H,20,21,26);2*1H,(H,2,3). The molecule has 0 aliphatic carbocycles. The van der Waals surface area contributed by atoms with Gasteiger partial charge in [0.05, 0.1) is 11.9 Å². The Balaban J connectivity index is 0.000000582. The number of thiophene rings is 1. The third kappa shape index (κ3) is 6.26. The number of aryl methyl sites for hydroxylation is 1. The van der Waals surface area contributed by atoms with Crippen LogP contribution in [0.1, 0.15) is 23.2 Å². The van der Waals surface area contributed by atoms with Crippen molar-refractivity contribution in [3.8, 4) is 0 Å². The van der Waals surface area contributed by atoms with E-state index in [4.69, 9.17) is 19.8 Å². The van der Waals surface area contributed by atoms with Crippen molar-refractivity contribution in [2.24, 2.45) is 7.05 Å². The summed E-state index contributed by atoms with van der Waals surface area (Å²) in [6, 6.07) is 3.59. The number of likely N-dealkylation sites (tertiary alicyclic amines) is 1. The summed E-state index contributed by atoms with van der Waals surface area (Å²) in [5.74, 6) is 0.390. The molecule has 2 amide bonds. The quantitative estimate of drug-likeness (QED) is 0.476. The number of rotatable bonds is 4. The molecule has 0 unspecified atom stereocenters. The van der Waals surface area contributed by atoms with E-state index in [1.54, 1.807) is 42.7 Å². The second-order valence-electron chi connectivity index (χ2n) is 6.85. The van der Waals surface area contributed by atoms with Gasteiger partial charge in [0.1, 0.15) is 5.54 Å². The molecule has 33 heavy (non-hydrogen) atoms. The number of hydrogen-bond donors (Lipinski definition) is 3.